The van der Waals surface area contributed by atoms with Crippen LogP contribution in [0.3, 0.4) is 0 Å². The van der Waals surface area contributed by atoms with Gasteiger partial charge in [0.2, 0.25) is 0 Å². The Morgan fingerprint density at radius 3 is 2.78 bits per heavy atom. The smallest absolute Gasteiger partial charge is 0.259 e. The number of rotatable bonds is 8. The number of hydrogen-bond acceptors (Lipinski definition) is 5. The van der Waals surface area contributed by atoms with Crippen LogP contribution in [0.5, 0.6) is 0 Å². The van der Waals surface area contributed by atoms with Crippen molar-refractivity contribution in [2.45, 2.75) is 33.2 Å². The largest absolute Gasteiger partial charge is 0.350 e. The van der Waals surface area contributed by atoms with Gasteiger partial charge in [-0.05, 0) is 44.5 Å². The van der Waals surface area contributed by atoms with Crippen LogP contribution in [0, 0.1) is 0 Å². The number of carbonyl (C=O) groups is 1. The van der Waals surface area contributed by atoms with Crippen LogP contribution < -0.4 is 10.6 Å². The number of anilines is 2. The van der Waals surface area contributed by atoms with Crippen molar-refractivity contribution in [2.24, 2.45) is 0 Å². The molecule has 0 aliphatic carbocycles. The highest BCUT2D eigenvalue weighted by Gasteiger charge is 2.15. The van der Waals surface area contributed by atoms with Crippen LogP contribution in [0.1, 0.15) is 37.0 Å². The van der Waals surface area contributed by atoms with E-state index in [9.17, 15) is 13.6 Å². The molecule has 0 bridgehead atoms. The third kappa shape index (κ3) is 5.42. The van der Waals surface area contributed by atoms with Crippen LogP contribution in [0.25, 0.3) is 11.1 Å². The predicted octanol–water partition coefficient (Wildman–Crippen LogP) is 4.79. The van der Waals surface area contributed by atoms with E-state index in [4.69, 9.17) is 0 Å². The Morgan fingerprint density at radius 1 is 1.28 bits per heavy atom. The number of alkyl halides is 2. The fraction of sp³-hybridized carbons (Fsp3) is 0.217. The number of carbonyl (C=O) groups excluding carboxylic acids is 1. The summed E-state index contributed by atoms with van der Waals surface area (Å²) >= 11 is 0. The highest BCUT2D eigenvalue weighted by Crippen LogP contribution is 2.24. The molecule has 0 aliphatic heterocycles. The summed E-state index contributed by atoms with van der Waals surface area (Å²) in [5.74, 6) is 0.501. The lowest BCUT2D eigenvalue weighted by Crippen LogP contribution is -2.30. The summed E-state index contributed by atoms with van der Waals surface area (Å²) < 4.78 is 26.9. The third-order valence-electron chi connectivity index (χ3n) is 4.42. The summed E-state index contributed by atoms with van der Waals surface area (Å²) in [7, 11) is 0. The molecule has 9 heteroatoms. The maximum Gasteiger partial charge on any atom is 0.259 e. The maximum absolute atomic E-state index is 12.6. The van der Waals surface area contributed by atoms with Gasteiger partial charge in [0, 0.05) is 30.2 Å². The summed E-state index contributed by atoms with van der Waals surface area (Å²) in [6.45, 7) is 9.04. The van der Waals surface area contributed by atoms with Crippen molar-refractivity contribution in [1.82, 2.24) is 24.9 Å². The van der Waals surface area contributed by atoms with Gasteiger partial charge in [-0.15, -0.1) is 5.10 Å². The van der Waals surface area contributed by atoms with E-state index in [1.165, 1.54) is 25.3 Å². The van der Waals surface area contributed by atoms with Crippen LogP contribution in [-0.2, 0) is 0 Å². The Labute approximate surface area is 184 Å². The molecule has 0 aromatic carbocycles. The van der Waals surface area contributed by atoms with Gasteiger partial charge in [0.05, 0.1) is 11.3 Å². The lowest BCUT2D eigenvalue weighted by Gasteiger charge is -2.14. The zero-order valence-electron chi connectivity index (χ0n) is 18.0. The van der Waals surface area contributed by atoms with Crippen molar-refractivity contribution >= 4 is 28.5 Å². The van der Waals surface area contributed by atoms with Crippen molar-refractivity contribution in [3.05, 3.63) is 78.6 Å². The van der Waals surface area contributed by atoms with Crippen LogP contribution in [0.15, 0.2) is 67.2 Å². The van der Waals surface area contributed by atoms with Crippen molar-refractivity contribution in [1.29, 1.82) is 0 Å². The number of allylic oxidation sites excluding steroid dienone is 5. The lowest BCUT2D eigenvalue weighted by atomic mass is 10.2. The van der Waals surface area contributed by atoms with Gasteiger partial charge in [0.25, 0.3) is 12.3 Å². The van der Waals surface area contributed by atoms with Gasteiger partial charge in [0.1, 0.15) is 5.52 Å². The summed E-state index contributed by atoms with van der Waals surface area (Å²) in [6.07, 6.45) is 6.66. The van der Waals surface area contributed by atoms with E-state index in [0.29, 0.717) is 34.0 Å². The Balaban J connectivity index is 1.95. The summed E-state index contributed by atoms with van der Waals surface area (Å²) in [5, 5.41) is 10.5. The number of aromatic nitrogens is 4. The number of fused-ring (bicyclic) bond motifs is 1. The van der Waals surface area contributed by atoms with Gasteiger partial charge >= 0.3 is 0 Å². The van der Waals surface area contributed by atoms with Crippen molar-refractivity contribution < 1.29 is 13.6 Å². The Bertz CT molecular complexity index is 1200. The summed E-state index contributed by atoms with van der Waals surface area (Å²) in [6, 6.07) is 5.29. The van der Waals surface area contributed by atoms with E-state index in [1.54, 1.807) is 29.1 Å². The van der Waals surface area contributed by atoms with E-state index in [1.807, 2.05) is 26.0 Å². The molecule has 32 heavy (non-hydrogen) atoms. The topological polar surface area (TPSA) is 84.2 Å². The first-order chi connectivity index (χ1) is 15.3. The standard InChI is InChI=1S/C23H24F2N6O/c1-14(2)27-23(32)17-13-26-11-10-18(17)28-22-19-9-6-12-31(19)30-21(29-22)16(4)8-5-7-15(3)20(24)25/h5-14,20H,4H2,1-3H3,(H,27,32)(H,26,28,29,30)/b8-5-,15-7+. The minimum atomic E-state index is -2.52. The molecule has 0 aliphatic rings. The van der Waals surface area contributed by atoms with Crippen molar-refractivity contribution in [3.63, 3.8) is 0 Å². The van der Waals surface area contributed by atoms with Gasteiger partial charge in [-0.2, -0.15) is 0 Å². The zero-order chi connectivity index (χ0) is 23.3. The molecular formula is C23H24F2N6O. The third-order valence-corrected chi connectivity index (χ3v) is 4.42. The number of pyridine rings is 1. The molecule has 2 N–H and O–H groups in total. The molecule has 0 spiro atoms. The van der Waals surface area contributed by atoms with Gasteiger partial charge < -0.3 is 10.6 Å². The van der Waals surface area contributed by atoms with E-state index in [-0.39, 0.29) is 17.5 Å². The Morgan fingerprint density at radius 2 is 2.06 bits per heavy atom. The Kier molecular flexibility index (Phi) is 7.09. The first-order valence-electron chi connectivity index (χ1n) is 9.96. The molecular weight excluding hydrogens is 414 g/mol. The molecule has 166 valence electrons. The molecule has 3 aromatic heterocycles. The van der Waals surface area contributed by atoms with E-state index < -0.39 is 6.43 Å². The predicted molar refractivity (Wildman–Crippen MR) is 121 cm³/mol. The van der Waals surface area contributed by atoms with Crippen LogP contribution >= 0.6 is 0 Å². The zero-order valence-corrected chi connectivity index (χ0v) is 18.0. The van der Waals surface area contributed by atoms with Crippen LogP contribution in [0.4, 0.5) is 20.3 Å². The quantitative estimate of drug-likeness (QED) is 0.494. The monoisotopic (exact) mass is 438 g/mol. The fourth-order valence-corrected chi connectivity index (χ4v) is 2.78. The van der Waals surface area contributed by atoms with Gasteiger partial charge in [-0.3, -0.25) is 9.78 Å². The molecule has 0 atom stereocenters. The van der Waals surface area contributed by atoms with Crippen LogP contribution in [0.2, 0.25) is 0 Å². The van der Waals surface area contributed by atoms with E-state index in [0.717, 1.165) is 0 Å². The van der Waals surface area contributed by atoms with Gasteiger partial charge in [0.15, 0.2) is 11.6 Å². The number of hydrogen-bond donors (Lipinski definition) is 2. The second-order valence-electron chi connectivity index (χ2n) is 7.39. The second-order valence-corrected chi connectivity index (χ2v) is 7.39. The highest BCUT2D eigenvalue weighted by molar-refractivity contribution is 6.00. The molecule has 3 aromatic rings. The average molecular weight is 438 g/mol. The lowest BCUT2D eigenvalue weighted by molar-refractivity contribution is 0.0943. The number of nitrogens with one attached hydrogen (secondary N) is 2. The van der Waals surface area contributed by atoms with Gasteiger partial charge in [-0.25, -0.2) is 18.3 Å². The number of amides is 1. The molecule has 0 saturated heterocycles. The molecule has 3 heterocycles. The maximum atomic E-state index is 12.6. The van der Waals surface area contributed by atoms with Gasteiger partial charge in [-0.1, -0.05) is 24.8 Å². The molecule has 7 nitrogen and oxygen atoms in total. The molecule has 3 rings (SSSR count). The van der Waals surface area contributed by atoms with Crippen molar-refractivity contribution in [3.8, 4) is 0 Å². The van der Waals surface area contributed by atoms with Crippen molar-refractivity contribution in [2.75, 3.05) is 5.32 Å². The summed E-state index contributed by atoms with van der Waals surface area (Å²) in [4.78, 5) is 21.2. The molecule has 0 unspecified atom stereocenters. The fourth-order valence-electron chi connectivity index (χ4n) is 2.78. The minimum Gasteiger partial charge on any atom is -0.350 e. The molecule has 1 amide bonds. The molecule has 0 saturated carbocycles. The Hall–Kier alpha value is -3.88. The van der Waals surface area contributed by atoms with E-state index in [2.05, 4.69) is 32.3 Å². The van der Waals surface area contributed by atoms with Crippen LogP contribution in [-0.4, -0.2) is 38.0 Å². The second kappa shape index (κ2) is 9.95. The minimum absolute atomic E-state index is 0.0311. The SMILES string of the molecule is C=C(/C=C\C=C(/C)C(F)F)c1nc(Nc2ccncc2C(=O)NC(C)C)c2cccn2n1. The first kappa shape index (κ1) is 22.8. The highest BCUT2D eigenvalue weighted by atomic mass is 19.3. The molecule has 0 fully saturated rings. The van der Waals surface area contributed by atoms with E-state index >= 15 is 0 Å². The number of nitrogens with zero attached hydrogens (tertiary/aromatic N) is 4. The molecule has 0 radical (unpaired) electrons. The normalized spacial score (nSPS) is 12.2. The first-order valence-corrected chi connectivity index (χ1v) is 9.96. The number of halogens is 2. The summed E-state index contributed by atoms with van der Waals surface area (Å²) in [5.41, 5.74) is 1.98. The average Bonchev–Trinajstić information content (AvgIpc) is 3.22.